The number of hydrogen-bond donors (Lipinski definition) is 1. The number of piperidine rings is 2. The van der Waals surface area contributed by atoms with Crippen LogP contribution in [0.15, 0.2) is 18.5 Å². The molecule has 3 heterocycles. The topological polar surface area (TPSA) is 53.4 Å². The minimum Gasteiger partial charge on any atom is -0.393 e. The summed E-state index contributed by atoms with van der Waals surface area (Å²) in [5, 5.41) is 10.3. The maximum Gasteiger partial charge on any atom is 0.255 e. The summed E-state index contributed by atoms with van der Waals surface area (Å²) in [5.74, 6) is -0.00315. The summed E-state index contributed by atoms with van der Waals surface area (Å²) in [6.45, 7) is 0. The van der Waals surface area contributed by atoms with Crippen LogP contribution in [0.25, 0.3) is 0 Å². The minimum atomic E-state index is -0.267. The highest BCUT2D eigenvalue weighted by atomic mass is 35.5. The number of amides is 1. The molecule has 0 aliphatic carbocycles. The smallest absolute Gasteiger partial charge is 0.255 e. The Hall–Kier alpha value is -1.13. The molecular formula is C14H17ClN2O2. The lowest BCUT2D eigenvalue weighted by molar-refractivity contribution is -0.0151. The quantitative estimate of drug-likeness (QED) is 0.858. The van der Waals surface area contributed by atoms with E-state index in [4.69, 9.17) is 11.6 Å². The Bertz CT molecular complexity index is 480. The molecule has 0 radical (unpaired) electrons. The monoisotopic (exact) mass is 280 g/mol. The van der Waals surface area contributed by atoms with Gasteiger partial charge in [0, 0.05) is 24.5 Å². The van der Waals surface area contributed by atoms with E-state index in [1.54, 1.807) is 12.3 Å². The van der Waals surface area contributed by atoms with Crippen LogP contribution in [0.3, 0.4) is 0 Å². The van der Waals surface area contributed by atoms with Crippen molar-refractivity contribution in [3.63, 3.8) is 0 Å². The fraction of sp³-hybridized carbons (Fsp3) is 0.571. The molecule has 0 saturated carbocycles. The van der Waals surface area contributed by atoms with Crippen molar-refractivity contribution >= 4 is 17.5 Å². The van der Waals surface area contributed by atoms with E-state index < -0.39 is 0 Å². The Morgan fingerprint density at radius 3 is 2.63 bits per heavy atom. The number of hydrogen-bond acceptors (Lipinski definition) is 3. The summed E-state index contributed by atoms with van der Waals surface area (Å²) < 4.78 is 0. The number of carbonyl (C=O) groups excluding carboxylic acids is 1. The second-order valence-corrected chi connectivity index (χ2v) is 5.90. The maximum atomic E-state index is 12.6. The molecule has 2 aliphatic heterocycles. The highest BCUT2D eigenvalue weighted by molar-refractivity contribution is 6.30. The molecule has 3 rings (SSSR count). The summed E-state index contributed by atoms with van der Waals surface area (Å²) in [5.41, 5.74) is 0.542. The van der Waals surface area contributed by atoms with E-state index >= 15 is 0 Å². The molecule has 2 bridgehead atoms. The van der Waals surface area contributed by atoms with Crippen LogP contribution in [0.4, 0.5) is 0 Å². The van der Waals surface area contributed by atoms with Crippen molar-refractivity contribution in [2.45, 2.75) is 50.3 Å². The minimum absolute atomic E-state index is 0.00315. The van der Waals surface area contributed by atoms with Gasteiger partial charge in [-0.15, -0.1) is 0 Å². The Labute approximate surface area is 117 Å². The van der Waals surface area contributed by atoms with Crippen molar-refractivity contribution in [3.8, 4) is 0 Å². The van der Waals surface area contributed by atoms with Gasteiger partial charge >= 0.3 is 0 Å². The number of aromatic nitrogens is 1. The van der Waals surface area contributed by atoms with E-state index in [1.807, 2.05) is 4.90 Å². The van der Waals surface area contributed by atoms with Gasteiger partial charge in [-0.3, -0.25) is 9.78 Å². The van der Waals surface area contributed by atoms with Gasteiger partial charge in [0.1, 0.15) is 0 Å². The van der Waals surface area contributed by atoms with Crippen LogP contribution in [0.5, 0.6) is 0 Å². The van der Waals surface area contributed by atoms with Crippen LogP contribution in [-0.2, 0) is 0 Å². The lowest BCUT2D eigenvalue weighted by Crippen LogP contribution is -2.55. The van der Waals surface area contributed by atoms with Crippen molar-refractivity contribution in [3.05, 3.63) is 29.0 Å². The molecule has 2 fully saturated rings. The Morgan fingerprint density at radius 2 is 2.00 bits per heavy atom. The molecule has 4 nitrogen and oxygen atoms in total. The maximum absolute atomic E-state index is 12.6. The average molecular weight is 281 g/mol. The predicted octanol–water partition coefficient (Wildman–Crippen LogP) is 2.25. The number of halogens is 1. The zero-order chi connectivity index (χ0) is 13.4. The number of pyridine rings is 1. The van der Waals surface area contributed by atoms with Gasteiger partial charge in [-0.2, -0.15) is 0 Å². The average Bonchev–Trinajstić information content (AvgIpc) is 2.37. The molecule has 0 aromatic carbocycles. The van der Waals surface area contributed by atoms with Gasteiger partial charge in [-0.1, -0.05) is 11.6 Å². The first-order valence-electron chi connectivity index (χ1n) is 6.76. The van der Waals surface area contributed by atoms with Crippen LogP contribution in [0.1, 0.15) is 42.5 Å². The molecule has 5 heteroatoms. The highest BCUT2D eigenvalue weighted by Gasteiger charge is 2.40. The summed E-state index contributed by atoms with van der Waals surface area (Å²) >= 11 is 5.90. The van der Waals surface area contributed by atoms with E-state index in [1.165, 1.54) is 6.20 Å². The molecule has 1 N–H and O–H groups in total. The van der Waals surface area contributed by atoms with Gasteiger partial charge in [-0.25, -0.2) is 0 Å². The zero-order valence-corrected chi connectivity index (χ0v) is 11.4. The van der Waals surface area contributed by atoms with E-state index in [0.717, 1.165) is 19.3 Å². The van der Waals surface area contributed by atoms with Crippen LogP contribution in [0.2, 0.25) is 5.02 Å². The third-order valence-corrected chi connectivity index (χ3v) is 4.34. The summed E-state index contributed by atoms with van der Waals surface area (Å²) in [6.07, 6.45) is 7.30. The molecular weight excluding hydrogens is 264 g/mol. The van der Waals surface area contributed by atoms with Crippen LogP contribution < -0.4 is 0 Å². The number of aliphatic hydroxyl groups is 1. The van der Waals surface area contributed by atoms with E-state index in [2.05, 4.69) is 4.98 Å². The first kappa shape index (κ1) is 12.9. The molecule has 1 aromatic rings. The molecule has 19 heavy (non-hydrogen) atoms. The van der Waals surface area contributed by atoms with Gasteiger partial charge in [0.25, 0.3) is 5.91 Å². The number of rotatable bonds is 1. The van der Waals surface area contributed by atoms with Crippen molar-refractivity contribution in [1.82, 2.24) is 9.88 Å². The number of aliphatic hydroxyl groups excluding tert-OH is 1. The summed E-state index contributed by atoms with van der Waals surface area (Å²) in [4.78, 5) is 18.5. The SMILES string of the molecule is O=C(c1cncc(Cl)c1)N1[C@@H]2CCC[C@H]1CC(O)C2. The molecule has 0 spiro atoms. The van der Waals surface area contributed by atoms with E-state index in [-0.39, 0.29) is 24.1 Å². The first-order chi connectivity index (χ1) is 9.15. The van der Waals surface area contributed by atoms with Crippen molar-refractivity contribution in [1.29, 1.82) is 0 Å². The van der Waals surface area contributed by atoms with Crippen molar-refractivity contribution in [2.75, 3.05) is 0 Å². The van der Waals surface area contributed by atoms with Crippen molar-refractivity contribution < 1.29 is 9.90 Å². The second-order valence-electron chi connectivity index (χ2n) is 5.47. The molecule has 2 saturated heterocycles. The molecule has 3 atom stereocenters. The Kier molecular flexibility index (Phi) is 3.46. The summed E-state index contributed by atoms with van der Waals surface area (Å²) in [7, 11) is 0. The molecule has 1 amide bonds. The normalized spacial score (nSPS) is 30.2. The van der Waals surface area contributed by atoms with Crippen LogP contribution in [0, 0.1) is 0 Å². The lowest BCUT2D eigenvalue weighted by Gasteiger charge is -2.47. The van der Waals surface area contributed by atoms with E-state index in [9.17, 15) is 9.90 Å². The lowest BCUT2D eigenvalue weighted by atomic mass is 9.82. The molecule has 102 valence electrons. The third kappa shape index (κ3) is 2.47. The van der Waals surface area contributed by atoms with Gasteiger partial charge in [-0.05, 0) is 38.2 Å². The Morgan fingerprint density at radius 1 is 1.32 bits per heavy atom. The fourth-order valence-electron chi connectivity index (χ4n) is 3.36. The highest BCUT2D eigenvalue weighted by Crippen LogP contribution is 2.35. The first-order valence-corrected chi connectivity index (χ1v) is 7.14. The standard InChI is InChI=1S/C14H17ClN2O2/c15-10-4-9(7-16-8-10)14(19)17-11-2-1-3-12(17)6-13(18)5-11/h4,7-8,11-13,18H,1-3,5-6H2/t11-,12+,13?. The van der Waals surface area contributed by atoms with Crippen LogP contribution in [-0.4, -0.2) is 39.1 Å². The largest absolute Gasteiger partial charge is 0.393 e. The van der Waals surface area contributed by atoms with Crippen molar-refractivity contribution in [2.24, 2.45) is 0 Å². The van der Waals surface area contributed by atoms with E-state index in [0.29, 0.717) is 23.4 Å². The fourth-order valence-corrected chi connectivity index (χ4v) is 3.54. The third-order valence-electron chi connectivity index (χ3n) is 4.14. The van der Waals surface area contributed by atoms with Gasteiger partial charge < -0.3 is 10.0 Å². The number of nitrogens with zero attached hydrogens (tertiary/aromatic N) is 2. The molecule has 2 aliphatic rings. The second kappa shape index (κ2) is 5.10. The van der Waals surface area contributed by atoms with Crippen LogP contribution >= 0.6 is 11.6 Å². The number of carbonyl (C=O) groups is 1. The number of fused-ring (bicyclic) bond motifs is 2. The van der Waals surface area contributed by atoms with Gasteiger partial charge in [0.2, 0.25) is 0 Å². The Balaban J connectivity index is 1.87. The summed E-state index contributed by atoms with van der Waals surface area (Å²) in [6, 6.07) is 1.99. The molecule has 1 aromatic heterocycles. The van der Waals surface area contributed by atoms with Gasteiger partial charge in [0.05, 0.1) is 16.7 Å². The zero-order valence-electron chi connectivity index (χ0n) is 10.6. The molecule has 1 unspecified atom stereocenters. The van der Waals surface area contributed by atoms with Gasteiger partial charge in [0.15, 0.2) is 0 Å². The predicted molar refractivity (Wildman–Crippen MR) is 72.1 cm³/mol.